The zero-order valence-corrected chi connectivity index (χ0v) is 22.7. The average Bonchev–Trinajstić information content (AvgIpc) is 3.47. The van der Waals surface area contributed by atoms with Crippen molar-refractivity contribution in [1.29, 1.82) is 0 Å². The molecule has 10 heteroatoms. The van der Waals surface area contributed by atoms with Crippen LogP contribution >= 0.6 is 11.8 Å². The Morgan fingerprint density at radius 2 is 1.83 bits per heavy atom. The number of thioether (sulfide) groups is 1. The van der Waals surface area contributed by atoms with E-state index in [2.05, 4.69) is 15.6 Å². The molecule has 4 aliphatic rings. The number of benzene rings is 1. The molecule has 0 aromatic heterocycles. The van der Waals surface area contributed by atoms with Gasteiger partial charge in [0.1, 0.15) is 11.4 Å². The third-order valence-corrected chi connectivity index (χ3v) is 10.2. The lowest BCUT2D eigenvalue weighted by Gasteiger charge is -2.34. The van der Waals surface area contributed by atoms with Crippen molar-refractivity contribution in [2.45, 2.75) is 64.3 Å². The topological polar surface area (TPSA) is 103 Å². The molecule has 1 amide bonds. The molecule has 2 fully saturated rings. The average molecular weight is 530 g/mol. The first-order valence-electron chi connectivity index (χ1n) is 12.9. The van der Waals surface area contributed by atoms with Gasteiger partial charge in [0.05, 0.1) is 6.54 Å². The Bertz CT molecular complexity index is 1200. The molecule has 0 atom stereocenters. The maximum atomic E-state index is 13.1. The number of amidine groups is 2. The number of aliphatic imine (C=N–C) groups is 2. The Morgan fingerprint density at radius 1 is 1.14 bits per heavy atom. The van der Waals surface area contributed by atoms with Crippen molar-refractivity contribution in [2.24, 2.45) is 15.9 Å². The molecule has 3 heterocycles. The van der Waals surface area contributed by atoms with Crippen molar-refractivity contribution in [1.82, 2.24) is 9.62 Å². The van der Waals surface area contributed by atoms with Gasteiger partial charge in [0.15, 0.2) is 5.17 Å². The van der Waals surface area contributed by atoms with E-state index in [0.29, 0.717) is 31.8 Å². The first-order chi connectivity index (χ1) is 17.3. The SMILES string of the molecule is Cc1cc(NC2=NCCS2)cc(C)c1C=CS(=O)(=O)N1CCC2(CC1)N=C(C1CCCCC1)NC2=O. The standard InChI is InChI=1S/C26H35N5O3S2/c1-18-16-21(28-25-27-11-14-35-25)17-19(2)22(18)8-15-36(33,34)31-12-9-26(10-13-31)24(32)29-23(30-26)20-6-4-3-5-7-20/h8,15-17,20H,3-7,9-14H2,1-2H3,(H,27,28)(H,29,30,32). The predicted octanol–water partition coefficient (Wildman–Crippen LogP) is 4.06. The van der Waals surface area contributed by atoms with E-state index in [4.69, 9.17) is 4.99 Å². The smallest absolute Gasteiger partial charge is 0.253 e. The third kappa shape index (κ3) is 5.26. The van der Waals surface area contributed by atoms with Crippen LogP contribution in [-0.4, -0.2) is 60.6 Å². The van der Waals surface area contributed by atoms with Gasteiger partial charge in [0, 0.05) is 35.9 Å². The van der Waals surface area contributed by atoms with E-state index in [1.165, 1.54) is 29.0 Å². The van der Waals surface area contributed by atoms with Crippen LogP contribution in [0.15, 0.2) is 27.5 Å². The number of sulfonamides is 1. The number of carbonyl (C=O) groups is 1. The minimum Gasteiger partial charge on any atom is -0.335 e. The summed E-state index contributed by atoms with van der Waals surface area (Å²) < 4.78 is 27.8. The number of piperidine rings is 1. The second-order valence-electron chi connectivity index (χ2n) is 10.2. The lowest BCUT2D eigenvalue weighted by atomic mass is 9.88. The first-order valence-corrected chi connectivity index (χ1v) is 15.4. The summed E-state index contributed by atoms with van der Waals surface area (Å²) in [6.07, 6.45) is 8.28. The molecule has 194 valence electrons. The second kappa shape index (κ2) is 10.3. The van der Waals surface area contributed by atoms with Gasteiger partial charge in [-0.05, 0) is 74.4 Å². The summed E-state index contributed by atoms with van der Waals surface area (Å²) in [4.78, 5) is 22.2. The summed E-state index contributed by atoms with van der Waals surface area (Å²) in [6.45, 7) is 5.39. The van der Waals surface area contributed by atoms with Crippen molar-refractivity contribution >= 4 is 50.5 Å². The molecule has 2 N–H and O–H groups in total. The molecule has 36 heavy (non-hydrogen) atoms. The molecule has 1 aromatic carbocycles. The number of amides is 1. The summed E-state index contributed by atoms with van der Waals surface area (Å²) in [6, 6.07) is 4.04. The number of hydrogen-bond donors (Lipinski definition) is 2. The monoisotopic (exact) mass is 529 g/mol. The van der Waals surface area contributed by atoms with E-state index in [1.54, 1.807) is 17.8 Å². The van der Waals surface area contributed by atoms with E-state index in [9.17, 15) is 13.2 Å². The Kier molecular flexibility index (Phi) is 7.29. The van der Waals surface area contributed by atoms with Gasteiger partial charge >= 0.3 is 0 Å². The molecule has 0 bridgehead atoms. The third-order valence-electron chi connectivity index (χ3n) is 7.74. The number of hydrogen-bond acceptors (Lipinski definition) is 7. The number of carbonyl (C=O) groups excluding carboxylic acids is 1. The Morgan fingerprint density at radius 3 is 2.47 bits per heavy atom. The molecule has 1 saturated heterocycles. The highest BCUT2D eigenvalue weighted by Gasteiger charge is 2.48. The Labute approximate surface area is 218 Å². The molecule has 1 aromatic rings. The van der Waals surface area contributed by atoms with Gasteiger partial charge in [0.25, 0.3) is 5.91 Å². The van der Waals surface area contributed by atoms with Crippen molar-refractivity contribution in [3.8, 4) is 0 Å². The van der Waals surface area contributed by atoms with Crippen LogP contribution in [0.5, 0.6) is 0 Å². The summed E-state index contributed by atoms with van der Waals surface area (Å²) in [5.41, 5.74) is 3.05. The first kappa shape index (κ1) is 25.5. The molecule has 0 radical (unpaired) electrons. The van der Waals surface area contributed by atoms with Crippen molar-refractivity contribution in [3.63, 3.8) is 0 Å². The maximum absolute atomic E-state index is 13.1. The molecule has 0 unspecified atom stereocenters. The van der Waals surface area contributed by atoms with Crippen LogP contribution in [0.2, 0.25) is 0 Å². The normalized spacial score (nSPS) is 23.2. The van der Waals surface area contributed by atoms with Crippen LogP contribution in [0.1, 0.15) is 61.6 Å². The zero-order chi connectivity index (χ0) is 25.3. The zero-order valence-electron chi connectivity index (χ0n) is 21.0. The molecule has 1 aliphatic carbocycles. The maximum Gasteiger partial charge on any atom is 0.253 e. The summed E-state index contributed by atoms with van der Waals surface area (Å²) in [5, 5.41) is 8.61. The van der Waals surface area contributed by atoms with Crippen LogP contribution < -0.4 is 10.6 Å². The van der Waals surface area contributed by atoms with Crippen molar-refractivity contribution in [2.75, 3.05) is 30.7 Å². The fourth-order valence-electron chi connectivity index (χ4n) is 5.64. The van der Waals surface area contributed by atoms with Gasteiger partial charge in [-0.25, -0.2) is 8.42 Å². The van der Waals surface area contributed by atoms with Gasteiger partial charge in [-0.15, -0.1) is 0 Å². The highest BCUT2D eigenvalue weighted by molar-refractivity contribution is 8.14. The number of aryl methyl sites for hydroxylation is 2. The summed E-state index contributed by atoms with van der Waals surface area (Å²) in [5.74, 6) is 2.11. The lowest BCUT2D eigenvalue weighted by molar-refractivity contribution is -0.124. The number of nitrogens with one attached hydrogen (secondary N) is 2. The van der Waals surface area contributed by atoms with Gasteiger partial charge < -0.3 is 10.6 Å². The van der Waals surface area contributed by atoms with Gasteiger partial charge in [0.2, 0.25) is 10.0 Å². The van der Waals surface area contributed by atoms with E-state index in [1.807, 2.05) is 26.0 Å². The highest BCUT2D eigenvalue weighted by Crippen LogP contribution is 2.35. The number of rotatable bonds is 5. The van der Waals surface area contributed by atoms with Crippen molar-refractivity contribution < 1.29 is 13.2 Å². The quantitative estimate of drug-likeness (QED) is 0.599. The minimum absolute atomic E-state index is 0.0578. The predicted molar refractivity (Wildman–Crippen MR) is 148 cm³/mol. The van der Waals surface area contributed by atoms with Crippen molar-refractivity contribution in [3.05, 3.63) is 34.2 Å². The second-order valence-corrected chi connectivity index (χ2v) is 13.2. The number of anilines is 1. The molecule has 8 nitrogen and oxygen atoms in total. The fraction of sp³-hybridized carbons (Fsp3) is 0.577. The molecular weight excluding hydrogens is 494 g/mol. The summed E-state index contributed by atoms with van der Waals surface area (Å²) >= 11 is 1.70. The van der Waals surface area contributed by atoms with Gasteiger partial charge in [-0.1, -0.05) is 31.0 Å². The van der Waals surface area contributed by atoms with Crippen LogP contribution in [-0.2, 0) is 14.8 Å². The summed E-state index contributed by atoms with van der Waals surface area (Å²) in [7, 11) is -3.61. The lowest BCUT2D eigenvalue weighted by Crippen LogP contribution is -2.50. The molecule has 1 spiro atoms. The Hall–Kier alpha value is -2.17. The van der Waals surface area contributed by atoms with Crippen LogP contribution in [0.25, 0.3) is 6.08 Å². The Balaban J connectivity index is 1.25. The largest absolute Gasteiger partial charge is 0.335 e. The number of nitrogens with zero attached hydrogens (tertiary/aromatic N) is 3. The van der Waals surface area contributed by atoms with Crippen LogP contribution in [0.3, 0.4) is 0 Å². The highest BCUT2D eigenvalue weighted by atomic mass is 32.2. The van der Waals surface area contributed by atoms with Gasteiger partial charge in [-0.3, -0.25) is 14.8 Å². The molecule has 5 rings (SSSR count). The van der Waals surface area contributed by atoms with Gasteiger partial charge in [-0.2, -0.15) is 4.31 Å². The molecule has 3 aliphatic heterocycles. The fourth-order valence-corrected chi connectivity index (χ4v) is 7.57. The minimum atomic E-state index is -3.61. The van der Waals surface area contributed by atoms with Crippen LogP contribution in [0, 0.1) is 19.8 Å². The van der Waals surface area contributed by atoms with E-state index in [0.717, 1.165) is 58.5 Å². The molecular formula is C26H35N5O3S2. The van der Waals surface area contributed by atoms with Crippen LogP contribution in [0.4, 0.5) is 5.69 Å². The van der Waals surface area contributed by atoms with E-state index >= 15 is 0 Å². The van der Waals surface area contributed by atoms with E-state index in [-0.39, 0.29) is 5.91 Å². The molecule has 1 saturated carbocycles. The van der Waals surface area contributed by atoms with E-state index < -0.39 is 15.6 Å².